The fourth-order valence-electron chi connectivity index (χ4n) is 3.01. The normalized spacial score (nSPS) is 14.3. The highest BCUT2D eigenvalue weighted by Gasteiger charge is 2.25. The van der Waals surface area contributed by atoms with Crippen LogP contribution in [0, 0.1) is 24.1 Å². The first-order valence-corrected chi connectivity index (χ1v) is 8.86. The van der Waals surface area contributed by atoms with Crippen molar-refractivity contribution >= 4 is 34.8 Å². The Bertz CT molecular complexity index is 902. The van der Waals surface area contributed by atoms with Crippen molar-refractivity contribution < 1.29 is 9.18 Å². The lowest BCUT2D eigenvalue weighted by molar-refractivity contribution is 0.0747. The zero-order valence-corrected chi connectivity index (χ0v) is 15.6. The molecule has 1 fully saturated rings. The number of nitrogens with zero attached hydrogens (tertiary/aromatic N) is 3. The Labute approximate surface area is 161 Å². The number of nitriles is 1. The second kappa shape index (κ2) is 7.53. The van der Waals surface area contributed by atoms with Gasteiger partial charge in [-0.3, -0.25) is 4.79 Å². The number of rotatable bonds is 2. The van der Waals surface area contributed by atoms with Gasteiger partial charge in [0.25, 0.3) is 5.91 Å². The molecule has 1 aliphatic heterocycles. The Morgan fingerprint density at radius 3 is 2.46 bits per heavy atom. The number of piperazine rings is 1. The van der Waals surface area contributed by atoms with Crippen molar-refractivity contribution in [2.75, 3.05) is 31.1 Å². The summed E-state index contributed by atoms with van der Waals surface area (Å²) in [6.45, 7) is 3.69. The molecule has 2 aromatic carbocycles. The third kappa shape index (κ3) is 3.62. The number of halogens is 3. The van der Waals surface area contributed by atoms with Crippen molar-refractivity contribution in [2.24, 2.45) is 0 Å². The standard InChI is InChI=1S/C19H16Cl2FN3O/c1-12-8-18(17(22)9-13(12)11-23)24-4-6-25(7-5-24)19(26)15-3-2-14(20)10-16(15)21/h2-3,8-10H,4-7H2,1H3. The summed E-state index contributed by atoms with van der Waals surface area (Å²) in [4.78, 5) is 16.2. The Morgan fingerprint density at radius 2 is 1.85 bits per heavy atom. The molecule has 0 saturated carbocycles. The van der Waals surface area contributed by atoms with Gasteiger partial charge < -0.3 is 9.80 Å². The number of carbonyl (C=O) groups excluding carboxylic acids is 1. The van der Waals surface area contributed by atoms with Crippen LogP contribution in [0.1, 0.15) is 21.5 Å². The van der Waals surface area contributed by atoms with Gasteiger partial charge in [0.15, 0.2) is 0 Å². The fraction of sp³-hybridized carbons (Fsp3) is 0.263. The highest BCUT2D eigenvalue weighted by Crippen LogP contribution is 2.26. The molecule has 1 saturated heterocycles. The molecule has 1 amide bonds. The van der Waals surface area contributed by atoms with Gasteiger partial charge in [-0.25, -0.2) is 4.39 Å². The van der Waals surface area contributed by atoms with Gasteiger partial charge in [0, 0.05) is 31.2 Å². The average molecular weight is 392 g/mol. The molecule has 4 nitrogen and oxygen atoms in total. The number of hydrogen-bond donors (Lipinski definition) is 0. The largest absolute Gasteiger partial charge is 0.366 e. The zero-order valence-electron chi connectivity index (χ0n) is 14.1. The quantitative estimate of drug-likeness (QED) is 0.767. The predicted molar refractivity (Wildman–Crippen MR) is 100 cm³/mol. The van der Waals surface area contributed by atoms with Crippen LogP contribution >= 0.6 is 23.2 Å². The monoisotopic (exact) mass is 391 g/mol. The summed E-state index contributed by atoms with van der Waals surface area (Å²) in [5, 5.41) is 9.79. The van der Waals surface area contributed by atoms with E-state index in [1.165, 1.54) is 6.07 Å². The van der Waals surface area contributed by atoms with Crippen LogP contribution in [0.5, 0.6) is 0 Å². The summed E-state index contributed by atoms with van der Waals surface area (Å²) in [6, 6.07) is 9.71. The first kappa shape index (κ1) is 18.5. The molecule has 0 atom stereocenters. The van der Waals surface area contributed by atoms with E-state index < -0.39 is 5.82 Å². The fourth-order valence-corrected chi connectivity index (χ4v) is 3.50. The Kier molecular flexibility index (Phi) is 5.36. The van der Waals surface area contributed by atoms with Crippen LogP contribution in [-0.2, 0) is 0 Å². The van der Waals surface area contributed by atoms with Crippen LogP contribution in [0.2, 0.25) is 10.0 Å². The Hall–Kier alpha value is -2.29. The lowest BCUT2D eigenvalue weighted by atomic mass is 10.1. The molecule has 0 spiro atoms. The Balaban J connectivity index is 1.72. The average Bonchev–Trinajstić information content (AvgIpc) is 2.63. The van der Waals surface area contributed by atoms with Crippen LogP contribution in [0.15, 0.2) is 30.3 Å². The van der Waals surface area contributed by atoms with Gasteiger partial charge in [0.1, 0.15) is 5.82 Å². The predicted octanol–water partition coefficient (Wildman–Crippen LogP) is 4.28. The van der Waals surface area contributed by atoms with Crippen LogP contribution in [-0.4, -0.2) is 37.0 Å². The van der Waals surface area contributed by atoms with Crippen molar-refractivity contribution in [3.8, 4) is 6.07 Å². The van der Waals surface area contributed by atoms with E-state index >= 15 is 0 Å². The molecular formula is C19H16Cl2FN3O. The minimum absolute atomic E-state index is 0.164. The number of aryl methyl sites for hydroxylation is 1. The topological polar surface area (TPSA) is 47.3 Å². The molecule has 0 bridgehead atoms. The van der Waals surface area contributed by atoms with E-state index in [-0.39, 0.29) is 5.91 Å². The summed E-state index contributed by atoms with van der Waals surface area (Å²) in [6.07, 6.45) is 0. The van der Waals surface area contributed by atoms with Gasteiger partial charge in [-0.15, -0.1) is 0 Å². The first-order chi connectivity index (χ1) is 12.4. The Morgan fingerprint density at radius 1 is 1.15 bits per heavy atom. The minimum atomic E-state index is -0.423. The van der Waals surface area contributed by atoms with Gasteiger partial charge in [-0.2, -0.15) is 5.26 Å². The lowest BCUT2D eigenvalue weighted by Gasteiger charge is -2.36. The molecule has 0 radical (unpaired) electrons. The smallest absolute Gasteiger partial charge is 0.255 e. The van der Waals surface area contributed by atoms with Crippen LogP contribution in [0.25, 0.3) is 0 Å². The summed E-state index contributed by atoms with van der Waals surface area (Å²) in [5.41, 5.74) is 1.93. The van der Waals surface area contributed by atoms with Crippen molar-refractivity contribution in [1.82, 2.24) is 4.90 Å². The van der Waals surface area contributed by atoms with E-state index in [1.807, 2.05) is 11.0 Å². The van der Waals surface area contributed by atoms with E-state index in [0.717, 1.165) is 5.56 Å². The third-order valence-electron chi connectivity index (χ3n) is 4.48. The summed E-state index contributed by atoms with van der Waals surface area (Å²) < 4.78 is 14.3. The van der Waals surface area contributed by atoms with Gasteiger partial charge >= 0.3 is 0 Å². The highest BCUT2D eigenvalue weighted by molar-refractivity contribution is 6.36. The van der Waals surface area contributed by atoms with Crippen molar-refractivity contribution in [1.29, 1.82) is 5.26 Å². The molecule has 0 aliphatic carbocycles. The number of anilines is 1. The zero-order chi connectivity index (χ0) is 18.8. The number of amides is 1. The van der Waals surface area contributed by atoms with E-state index in [4.69, 9.17) is 28.5 Å². The van der Waals surface area contributed by atoms with Gasteiger partial charge in [-0.05, 0) is 42.8 Å². The second-order valence-corrected chi connectivity index (χ2v) is 6.98. The van der Waals surface area contributed by atoms with Crippen LogP contribution < -0.4 is 4.90 Å². The van der Waals surface area contributed by atoms with E-state index in [0.29, 0.717) is 53.0 Å². The summed E-state index contributed by atoms with van der Waals surface area (Å²) in [5.74, 6) is -0.588. The van der Waals surface area contributed by atoms with Gasteiger partial charge in [0.05, 0.1) is 27.9 Å². The maximum atomic E-state index is 14.3. The molecule has 2 aromatic rings. The first-order valence-electron chi connectivity index (χ1n) is 8.10. The van der Waals surface area contributed by atoms with E-state index in [2.05, 4.69) is 0 Å². The van der Waals surface area contributed by atoms with Gasteiger partial charge in [0.2, 0.25) is 0 Å². The second-order valence-electron chi connectivity index (χ2n) is 6.13. The lowest BCUT2D eigenvalue weighted by Crippen LogP contribution is -2.49. The number of carbonyl (C=O) groups is 1. The molecule has 1 aliphatic rings. The molecule has 0 aromatic heterocycles. The van der Waals surface area contributed by atoms with Crippen molar-refractivity contribution in [3.63, 3.8) is 0 Å². The summed E-state index contributed by atoms with van der Waals surface area (Å²) >= 11 is 12.0. The van der Waals surface area contributed by atoms with Crippen LogP contribution in [0.3, 0.4) is 0 Å². The molecule has 26 heavy (non-hydrogen) atoms. The highest BCUT2D eigenvalue weighted by atomic mass is 35.5. The number of benzene rings is 2. The van der Waals surface area contributed by atoms with E-state index in [9.17, 15) is 9.18 Å². The van der Waals surface area contributed by atoms with Crippen LogP contribution in [0.4, 0.5) is 10.1 Å². The molecule has 1 heterocycles. The minimum Gasteiger partial charge on any atom is -0.366 e. The summed E-state index contributed by atoms with van der Waals surface area (Å²) in [7, 11) is 0. The third-order valence-corrected chi connectivity index (χ3v) is 5.03. The van der Waals surface area contributed by atoms with Crippen molar-refractivity contribution in [3.05, 3.63) is 62.9 Å². The van der Waals surface area contributed by atoms with Crippen molar-refractivity contribution in [2.45, 2.75) is 6.92 Å². The van der Waals surface area contributed by atoms with Gasteiger partial charge in [-0.1, -0.05) is 23.2 Å². The molecule has 0 unspecified atom stereocenters. The molecule has 3 rings (SSSR count). The van der Waals surface area contributed by atoms with E-state index in [1.54, 1.807) is 36.1 Å². The molecule has 134 valence electrons. The maximum Gasteiger partial charge on any atom is 0.255 e. The maximum absolute atomic E-state index is 14.3. The molecule has 0 N–H and O–H groups in total. The molecular weight excluding hydrogens is 376 g/mol. The SMILES string of the molecule is Cc1cc(N2CCN(C(=O)c3ccc(Cl)cc3Cl)CC2)c(F)cc1C#N. The molecule has 7 heteroatoms. The number of hydrogen-bond acceptors (Lipinski definition) is 3.